The third-order valence-corrected chi connectivity index (χ3v) is 3.92. The fraction of sp³-hybridized carbons (Fsp3) is 1.00. The van der Waals surface area contributed by atoms with Gasteiger partial charge < -0.3 is 10.6 Å². The van der Waals surface area contributed by atoms with Crippen LogP contribution in [0.2, 0.25) is 0 Å². The number of nitrogens with two attached hydrogens (primary N) is 1. The van der Waals surface area contributed by atoms with Crippen molar-refractivity contribution in [2.24, 2.45) is 5.73 Å². The van der Waals surface area contributed by atoms with Crippen molar-refractivity contribution in [3.63, 3.8) is 0 Å². The molecule has 1 fully saturated rings. The molecule has 3 nitrogen and oxygen atoms in total. The van der Waals surface area contributed by atoms with Crippen LogP contribution in [0.15, 0.2) is 0 Å². The SMILES string of the molecule is CCN(C(C)C)C1(CN)CC(C)N(C)C1. The maximum atomic E-state index is 6.04. The van der Waals surface area contributed by atoms with E-state index >= 15 is 0 Å². The van der Waals surface area contributed by atoms with Crippen molar-refractivity contribution in [1.82, 2.24) is 9.80 Å². The molecule has 1 heterocycles. The molecule has 1 aliphatic heterocycles. The zero-order chi connectivity index (χ0) is 11.6. The normalized spacial score (nSPS) is 33.2. The van der Waals surface area contributed by atoms with E-state index in [4.69, 9.17) is 5.73 Å². The summed E-state index contributed by atoms with van der Waals surface area (Å²) in [4.78, 5) is 4.99. The quantitative estimate of drug-likeness (QED) is 0.760. The molecule has 2 N–H and O–H groups in total. The summed E-state index contributed by atoms with van der Waals surface area (Å²) < 4.78 is 0. The smallest absolute Gasteiger partial charge is 0.0475 e. The van der Waals surface area contributed by atoms with Crippen molar-refractivity contribution >= 4 is 0 Å². The molecule has 1 aliphatic rings. The zero-order valence-corrected chi connectivity index (χ0v) is 11.0. The standard InChI is InChI=1S/C12H27N3/c1-6-15(10(2)3)12(8-13)7-11(4)14(5)9-12/h10-11H,6-9,13H2,1-5H3. The third kappa shape index (κ3) is 2.35. The van der Waals surface area contributed by atoms with Crippen LogP contribution in [-0.2, 0) is 0 Å². The largest absolute Gasteiger partial charge is 0.329 e. The van der Waals surface area contributed by atoms with E-state index in [-0.39, 0.29) is 5.54 Å². The van der Waals surface area contributed by atoms with Crippen molar-refractivity contribution in [2.45, 2.75) is 51.7 Å². The topological polar surface area (TPSA) is 32.5 Å². The second-order valence-electron chi connectivity index (χ2n) is 5.28. The highest BCUT2D eigenvalue weighted by molar-refractivity contribution is 5.03. The molecule has 0 bridgehead atoms. The summed E-state index contributed by atoms with van der Waals surface area (Å²) in [5, 5.41) is 0. The average molecular weight is 213 g/mol. The molecule has 0 spiro atoms. The number of hydrogen-bond acceptors (Lipinski definition) is 3. The fourth-order valence-corrected chi connectivity index (χ4v) is 3.11. The monoisotopic (exact) mass is 213 g/mol. The first kappa shape index (κ1) is 12.9. The van der Waals surface area contributed by atoms with Crippen LogP contribution in [0.3, 0.4) is 0 Å². The van der Waals surface area contributed by atoms with Crippen LogP contribution in [-0.4, -0.2) is 54.1 Å². The molecule has 15 heavy (non-hydrogen) atoms. The van der Waals surface area contributed by atoms with Crippen molar-refractivity contribution in [3.05, 3.63) is 0 Å². The van der Waals surface area contributed by atoms with Crippen LogP contribution in [0.4, 0.5) is 0 Å². The number of likely N-dealkylation sites (tertiary alicyclic amines) is 1. The molecule has 0 amide bonds. The molecule has 0 radical (unpaired) electrons. The van der Waals surface area contributed by atoms with Gasteiger partial charge in [-0.3, -0.25) is 4.90 Å². The van der Waals surface area contributed by atoms with Gasteiger partial charge in [-0.15, -0.1) is 0 Å². The van der Waals surface area contributed by atoms with Gasteiger partial charge in [-0.1, -0.05) is 6.92 Å². The van der Waals surface area contributed by atoms with Crippen molar-refractivity contribution in [1.29, 1.82) is 0 Å². The molecule has 2 unspecified atom stereocenters. The van der Waals surface area contributed by atoms with Crippen LogP contribution in [0.5, 0.6) is 0 Å². The second kappa shape index (κ2) is 4.81. The first-order chi connectivity index (χ1) is 6.96. The lowest BCUT2D eigenvalue weighted by Crippen LogP contribution is -2.57. The molecule has 0 aliphatic carbocycles. The van der Waals surface area contributed by atoms with Crippen LogP contribution < -0.4 is 5.73 Å². The van der Waals surface area contributed by atoms with E-state index in [0.29, 0.717) is 12.1 Å². The van der Waals surface area contributed by atoms with Gasteiger partial charge in [-0.2, -0.15) is 0 Å². The van der Waals surface area contributed by atoms with Gasteiger partial charge in [0, 0.05) is 30.7 Å². The van der Waals surface area contributed by atoms with E-state index in [1.165, 1.54) is 6.42 Å². The summed E-state index contributed by atoms with van der Waals surface area (Å²) in [7, 11) is 2.20. The Kier molecular flexibility index (Phi) is 4.15. The van der Waals surface area contributed by atoms with Crippen LogP contribution in [0, 0.1) is 0 Å². The molecule has 0 saturated carbocycles. The molecule has 0 aromatic rings. The average Bonchev–Trinajstić information content (AvgIpc) is 2.44. The second-order valence-corrected chi connectivity index (χ2v) is 5.28. The van der Waals surface area contributed by atoms with Gasteiger partial charge in [0.05, 0.1) is 0 Å². The van der Waals surface area contributed by atoms with Gasteiger partial charge in [-0.25, -0.2) is 0 Å². The summed E-state index contributed by atoms with van der Waals surface area (Å²) in [6, 6.07) is 1.23. The van der Waals surface area contributed by atoms with Gasteiger partial charge in [-0.05, 0) is 40.8 Å². The summed E-state index contributed by atoms with van der Waals surface area (Å²) in [5.41, 5.74) is 6.24. The van der Waals surface area contributed by atoms with Crippen LogP contribution in [0.25, 0.3) is 0 Å². The molecule has 1 saturated heterocycles. The number of nitrogens with zero attached hydrogens (tertiary/aromatic N) is 2. The predicted molar refractivity (Wildman–Crippen MR) is 66.0 cm³/mol. The fourth-order valence-electron chi connectivity index (χ4n) is 3.11. The number of rotatable bonds is 4. The summed E-state index contributed by atoms with van der Waals surface area (Å²) in [6.45, 7) is 12.0. The highest BCUT2D eigenvalue weighted by Crippen LogP contribution is 2.31. The van der Waals surface area contributed by atoms with Crippen molar-refractivity contribution < 1.29 is 0 Å². The van der Waals surface area contributed by atoms with Gasteiger partial charge >= 0.3 is 0 Å². The Labute approximate surface area is 94.6 Å². The van der Waals surface area contributed by atoms with E-state index in [1.54, 1.807) is 0 Å². The minimum Gasteiger partial charge on any atom is -0.329 e. The van der Waals surface area contributed by atoms with E-state index in [2.05, 4.69) is 44.5 Å². The Hall–Kier alpha value is -0.120. The minimum absolute atomic E-state index is 0.205. The maximum Gasteiger partial charge on any atom is 0.0475 e. The molecule has 2 atom stereocenters. The van der Waals surface area contributed by atoms with E-state index in [0.717, 1.165) is 19.6 Å². The molecular formula is C12H27N3. The first-order valence-corrected chi connectivity index (χ1v) is 6.14. The lowest BCUT2D eigenvalue weighted by molar-refractivity contribution is 0.0751. The van der Waals surface area contributed by atoms with Gasteiger partial charge in [0.25, 0.3) is 0 Å². The molecule has 0 aromatic carbocycles. The van der Waals surface area contributed by atoms with Crippen LogP contribution >= 0.6 is 0 Å². The lowest BCUT2D eigenvalue weighted by Gasteiger charge is -2.42. The van der Waals surface area contributed by atoms with Gasteiger partial charge in [0.15, 0.2) is 0 Å². The summed E-state index contributed by atoms with van der Waals surface area (Å²) in [5.74, 6) is 0. The third-order valence-electron chi connectivity index (χ3n) is 3.92. The summed E-state index contributed by atoms with van der Waals surface area (Å²) in [6.07, 6.45) is 1.20. The molecule has 3 heteroatoms. The highest BCUT2D eigenvalue weighted by atomic mass is 15.3. The highest BCUT2D eigenvalue weighted by Gasteiger charge is 2.44. The Morgan fingerprint density at radius 2 is 2.13 bits per heavy atom. The molecule has 1 rings (SSSR count). The predicted octanol–water partition coefficient (Wildman–Crippen LogP) is 1.14. The van der Waals surface area contributed by atoms with Crippen LogP contribution in [0.1, 0.15) is 34.1 Å². The Morgan fingerprint density at radius 1 is 1.53 bits per heavy atom. The number of hydrogen-bond donors (Lipinski definition) is 1. The molecule has 0 aromatic heterocycles. The minimum atomic E-state index is 0.205. The maximum absolute atomic E-state index is 6.04. The van der Waals surface area contributed by atoms with Crippen molar-refractivity contribution in [2.75, 3.05) is 26.7 Å². The Balaban J connectivity index is 2.85. The van der Waals surface area contributed by atoms with Gasteiger partial charge in [0.1, 0.15) is 0 Å². The van der Waals surface area contributed by atoms with E-state index in [9.17, 15) is 0 Å². The van der Waals surface area contributed by atoms with E-state index in [1.807, 2.05) is 0 Å². The Morgan fingerprint density at radius 3 is 2.40 bits per heavy atom. The first-order valence-electron chi connectivity index (χ1n) is 6.14. The number of likely N-dealkylation sites (N-methyl/N-ethyl adjacent to an activating group) is 2. The van der Waals surface area contributed by atoms with Crippen molar-refractivity contribution in [3.8, 4) is 0 Å². The van der Waals surface area contributed by atoms with E-state index < -0.39 is 0 Å². The van der Waals surface area contributed by atoms with Gasteiger partial charge in [0.2, 0.25) is 0 Å². The molecule has 90 valence electrons. The Bertz CT molecular complexity index is 193. The molecular weight excluding hydrogens is 186 g/mol. The summed E-state index contributed by atoms with van der Waals surface area (Å²) >= 11 is 0. The zero-order valence-electron chi connectivity index (χ0n) is 11.0. The lowest BCUT2D eigenvalue weighted by atomic mass is 9.92.